The molecule has 0 bridgehead atoms. The van der Waals surface area contributed by atoms with Gasteiger partial charge in [0, 0.05) is 56.3 Å². The highest BCUT2D eigenvalue weighted by molar-refractivity contribution is 7.91. The van der Waals surface area contributed by atoms with E-state index in [-0.39, 0.29) is 35.7 Å². The lowest BCUT2D eigenvalue weighted by atomic mass is 9.84. The van der Waals surface area contributed by atoms with Crippen LogP contribution in [0.2, 0.25) is 0 Å². The monoisotopic (exact) mass is 616 g/mol. The van der Waals surface area contributed by atoms with Crippen LogP contribution in [-0.4, -0.2) is 60.8 Å². The number of carbonyl (C=O) groups excluding carboxylic acids is 2. The Morgan fingerprint density at radius 2 is 1.68 bits per heavy atom. The molecule has 0 radical (unpaired) electrons. The summed E-state index contributed by atoms with van der Waals surface area (Å²) >= 11 is 0. The smallest absolute Gasteiger partial charge is 0.261 e. The van der Waals surface area contributed by atoms with E-state index >= 15 is 4.39 Å². The molecule has 3 aromatic rings. The number of pyridine rings is 1. The molecule has 12 heteroatoms. The van der Waals surface area contributed by atoms with Crippen LogP contribution >= 0.6 is 0 Å². The summed E-state index contributed by atoms with van der Waals surface area (Å²) in [5.41, 5.74) is 3.00. The summed E-state index contributed by atoms with van der Waals surface area (Å²) in [7, 11) is -1.95. The third kappa shape index (κ3) is 4.31. The first-order valence-electron chi connectivity index (χ1n) is 13.9. The van der Waals surface area contributed by atoms with E-state index in [1.54, 1.807) is 60.8 Å². The number of imide groups is 1. The zero-order valence-electron chi connectivity index (χ0n) is 23.7. The molecule has 2 atom stereocenters. The third-order valence-electron chi connectivity index (χ3n) is 8.54. The van der Waals surface area contributed by atoms with E-state index < -0.39 is 45.2 Å². The number of nitrogens with zero attached hydrogens (tertiary/aromatic N) is 3. The van der Waals surface area contributed by atoms with E-state index in [1.807, 2.05) is 0 Å². The second-order valence-corrected chi connectivity index (χ2v) is 13.6. The van der Waals surface area contributed by atoms with Crippen LogP contribution in [0, 0.1) is 17.6 Å². The van der Waals surface area contributed by atoms with Crippen molar-refractivity contribution in [1.82, 2.24) is 14.8 Å². The molecule has 3 aliphatic heterocycles. The topological polar surface area (TPSA) is 109 Å². The van der Waals surface area contributed by atoms with Crippen LogP contribution in [0.3, 0.4) is 0 Å². The van der Waals surface area contributed by atoms with Crippen LogP contribution in [0.1, 0.15) is 31.8 Å². The van der Waals surface area contributed by atoms with Gasteiger partial charge in [-0.25, -0.2) is 17.2 Å². The van der Waals surface area contributed by atoms with Gasteiger partial charge < -0.3 is 14.8 Å². The van der Waals surface area contributed by atoms with Gasteiger partial charge in [-0.3, -0.25) is 19.3 Å². The summed E-state index contributed by atoms with van der Waals surface area (Å²) in [5, 5.41) is 3.35. The second kappa shape index (κ2) is 9.84. The average Bonchev–Trinajstić information content (AvgIpc) is 3.40. The minimum absolute atomic E-state index is 0.0270. The highest BCUT2D eigenvalue weighted by Gasteiger charge is 2.47. The molecule has 7 rings (SSSR count). The molecular formula is C32H26F2N4O5S. The predicted molar refractivity (Wildman–Crippen MR) is 160 cm³/mol. The van der Waals surface area contributed by atoms with Gasteiger partial charge in [-0.2, -0.15) is 0 Å². The minimum Gasteiger partial charge on any atom is -0.384 e. The van der Waals surface area contributed by atoms with Crippen molar-refractivity contribution in [1.29, 1.82) is 0 Å². The van der Waals surface area contributed by atoms with Crippen molar-refractivity contribution in [2.24, 2.45) is 13.0 Å². The molecule has 4 heterocycles. The van der Waals surface area contributed by atoms with Crippen molar-refractivity contribution in [3.8, 4) is 0 Å². The number of amides is 2. The number of rotatable bonds is 5. The number of aromatic nitrogens is 1. The number of fused-ring (bicyclic) bond motifs is 3. The zero-order chi connectivity index (χ0) is 31.1. The Balaban J connectivity index is 1.42. The molecule has 1 unspecified atom stereocenters. The van der Waals surface area contributed by atoms with Crippen molar-refractivity contribution < 1.29 is 26.8 Å². The van der Waals surface area contributed by atoms with Crippen LogP contribution < -0.4 is 15.8 Å². The Hall–Kier alpha value is -4.84. The Kier molecular flexibility index (Phi) is 6.26. The summed E-state index contributed by atoms with van der Waals surface area (Å²) in [6, 6.07) is 10.8. The third-order valence-corrected chi connectivity index (χ3v) is 9.37. The van der Waals surface area contributed by atoms with E-state index in [0.717, 1.165) is 18.4 Å². The Labute approximate surface area is 251 Å². The molecule has 2 aromatic carbocycles. The summed E-state index contributed by atoms with van der Waals surface area (Å²) in [6.07, 6.45) is 6.01. The van der Waals surface area contributed by atoms with Gasteiger partial charge in [-0.1, -0.05) is 12.1 Å². The standard InChI is InChI=1S/C32H26F2N4O5S/c1-36-10-9-21-18(16-44(2,42)43)11-17-14-37(25-8-7-20(33)12-24(25)34)29-19(13-35-28(26(17)29)27(21)32(36)41)15-38-30(39)22-5-3-4-6-23(22)31(38)40/h3-12,14,19,29,35H,13,15-16H2,1-2H3/t19-,29?/m1/s1. The highest BCUT2D eigenvalue weighted by atomic mass is 32.2. The molecule has 1 N–H and O–H groups in total. The van der Waals surface area contributed by atoms with Gasteiger partial charge in [-0.05, 0) is 53.1 Å². The first-order chi connectivity index (χ1) is 20.9. The normalized spacial score (nSPS) is 20.5. The first kappa shape index (κ1) is 28.0. The predicted octanol–water partition coefficient (Wildman–Crippen LogP) is 3.10. The first-order valence-corrected chi connectivity index (χ1v) is 16.0. The van der Waals surface area contributed by atoms with Crippen LogP contribution in [0.15, 0.2) is 82.9 Å². The molecule has 1 aliphatic carbocycles. The van der Waals surface area contributed by atoms with Gasteiger partial charge in [0.2, 0.25) is 0 Å². The summed E-state index contributed by atoms with van der Waals surface area (Å²) < 4.78 is 55.8. The van der Waals surface area contributed by atoms with Gasteiger partial charge in [-0.15, -0.1) is 0 Å². The minimum atomic E-state index is -3.54. The maximum Gasteiger partial charge on any atom is 0.261 e. The van der Waals surface area contributed by atoms with Crippen LogP contribution in [0.25, 0.3) is 11.3 Å². The number of carbonyl (C=O) groups is 2. The van der Waals surface area contributed by atoms with E-state index in [4.69, 9.17) is 0 Å². The molecule has 4 aliphatic rings. The molecule has 0 saturated heterocycles. The largest absolute Gasteiger partial charge is 0.384 e. The number of anilines is 1. The second-order valence-electron chi connectivity index (χ2n) is 11.5. The quantitative estimate of drug-likeness (QED) is 0.439. The van der Waals surface area contributed by atoms with Crippen molar-refractivity contribution in [2.75, 3.05) is 30.0 Å². The molecule has 9 nitrogen and oxygen atoms in total. The van der Waals surface area contributed by atoms with Crippen molar-refractivity contribution in [3.63, 3.8) is 0 Å². The lowest BCUT2D eigenvalue weighted by Gasteiger charge is -2.40. The van der Waals surface area contributed by atoms with Crippen molar-refractivity contribution in [2.45, 2.75) is 6.04 Å². The maximum atomic E-state index is 15.4. The SMILES string of the molecule is Cn1ccc2c(c1=O)C1=C3C(=CN(c4ccc(F)cc4F)C3[C@@H](CN3C(=O)c4ccccc4C3=O)CN1)C=C2CS(C)(=O)=O. The Morgan fingerprint density at radius 1 is 0.977 bits per heavy atom. The van der Waals surface area contributed by atoms with Gasteiger partial charge in [0.05, 0.1) is 39.9 Å². The van der Waals surface area contributed by atoms with Crippen molar-refractivity contribution >= 4 is 38.6 Å². The molecule has 44 heavy (non-hydrogen) atoms. The van der Waals surface area contributed by atoms with E-state index in [0.29, 0.717) is 39.1 Å². The summed E-state index contributed by atoms with van der Waals surface area (Å²) in [6.45, 7) is 0.164. The average molecular weight is 617 g/mol. The van der Waals surface area contributed by atoms with Gasteiger partial charge in [0.1, 0.15) is 11.6 Å². The molecule has 0 spiro atoms. The lowest BCUT2D eigenvalue weighted by molar-refractivity contribution is 0.0624. The van der Waals surface area contributed by atoms with Gasteiger partial charge >= 0.3 is 0 Å². The van der Waals surface area contributed by atoms with Gasteiger partial charge in [0.15, 0.2) is 9.84 Å². The number of sulfone groups is 1. The molecule has 0 fully saturated rings. The number of aryl methyl sites for hydroxylation is 1. The Bertz CT molecular complexity index is 2050. The zero-order valence-corrected chi connectivity index (χ0v) is 24.5. The van der Waals surface area contributed by atoms with E-state index in [9.17, 15) is 27.2 Å². The molecular weight excluding hydrogens is 590 g/mol. The number of hydrogen-bond donors (Lipinski definition) is 1. The van der Waals surface area contributed by atoms with Crippen LogP contribution in [0.5, 0.6) is 0 Å². The highest BCUT2D eigenvalue weighted by Crippen LogP contribution is 2.46. The number of nitrogens with one attached hydrogen (secondary N) is 1. The van der Waals surface area contributed by atoms with Crippen LogP contribution in [0.4, 0.5) is 14.5 Å². The molecule has 1 aromatic heterocycles. The van der Waals surface area contributed by atoms with E-state index in [2.05, 4.69) is 5.32 Å². The lowest BCUT2D eigenvalue weighted by Crippen LogP contribution is -2.51. The maximum absolute atomic E-state index is 15.4. The molecule has 224 valence electrons. The molecule has 0 saturated carbocycles. The number of allylic oxidation sites excluding steroid dienone is 1. The van der Waals surface area contributed by atoms with Gasteiger partial charge in [0.25, 0.3) is 17.4 Å². The fourth-order valence-electron chi connectivity index (χ4n) is 6.66. The number of benzene rings is 2. The number of hydrogen-bond acceptors (Lipinski definition) is 7. The van der Waals surface area contributed by atoms with Crippen molar-refractivity contribution in [3.05, 3.63) is 122 Å². The fraction of sp³-hybridized carbons (Fsp3) is 0.219. The van der Waals surface area contributed by atoms with Crippen LogP contribution in [-0.2, 0) is 16.9 Å². The van der Waals surface area contributed by atoms with E-state index in [1.165, 1.54) is 15.5 Å². The summed E-state index contributed by atoms with van der Waals surface area (Å²) in [4.78, 5) is 43.1. The number of halogens is 2. The summed E-state index contributed by atoms with van der Waals surface area (Å²) in [5.74, 6) is -3.31. The molecule has 2 amide bonds. The fourth-order valence-corrected chi connectivity index (χ4v) is 7.47. The Morgan fingerprint density at radius 3 is 2.34 bits per heavy atom.